The highest BCUT2D eigenvalue weighted by molar-refractivity contribution is 7.06. The second-order valence-electron chi connectivity index (χ2n) is 2.28. The Labute approximate surface area is 60.8 Å². The monoisotopic (exact) mass is 166 g/mol. The molecule has 0 radical (unpaired) electrons. The summed E-state index contributed by atoms with van der Waals surface area (Å²) in [6.45, 7) is 4.57. The molecule has 0 saturated carbocycles. The van der Waals surface area contributed by atoms with Gasteiger partial charge < -0.3 is 0 Å². The van der Waals surface area contributed by atoms with Gasteiger partial charge >= 0.3 is 0 Å². The molecule has 0 rings (SSSR count). The summed E-state index contributed by atoms with van der Waals surface area (Å²) in [5.41, 5.74) is 0. The Bertz CT molecular complexity index is 47.7. The average Bonchev–Trinajstić information content (AvgIpc) is 1.66. The van der Waals surface area contributed by atoms with E-state index in [1.54, 1.807) is 0 Å². The van der Waals surface area contributed by atoms with Crippen molar-refractivity contribution in [2.75, 3.05) is 0 Å². The zero-order chi connectivity index (χ0) is 6.41. The van der Waals surface area contributed by atoms with Crippen LogP contribution in [0.15, 0.2) is 0 Å². The van der Waals surface area contributed by atoms with Gasteiger partial charge in [-0.3, -0.25) is 0 Å². The van der Waals surface area contributed by atoms with E-state index in [0.717, 1.165) is 0 Å². The van der Waals surface area contributed by atoms with Crippen LogP contribution >= 0.6 is 11.1 Å². The maximum absolute atomic E-state index is 5.87. The summed E-state index contributed by atoms with van der Waals surface area (Å²) in [6, 6.07) is 2.85. The predicted octanol–water partition coefficient (Wildman–Crippen LogP) is 1.60. The fraction of sp³-hybridized carbons (Fsp3) is 1.00. The molecule has 0 aliphatic carbocycles. The molecule has 1 atom stereocenters. The molecule has 50 valence electrons. The van der Waals surface area contributed by atoms with Crippen LogP contribution in [0, 0.1) is 0 Å². The quantitative estimate of drug-likeness (QED) is 0.338. The van der Waals surface area contributed by atoms with Gasteiger partial charge in [-0.05, 0) is 6.04 Å². The fourth-order valence-corrected chi connectivity index (χ4v) is 3.36. The van der Waals surface area contributed by atoms with E-state index in [4.69, 9.17) is 11.1 Å². The van der Waals surface area contributed by atoms with Gasteiger partial charge in [-0.15, -0.1) is 0 Å². The molecule has 0 aromatic carbocycles. The Morgan fingerprint density at radius 2 is 2.25 bits per heavy atom. The average molecular weight is 167 g/mol. The Balaban J connectivity index is 2.72. The zero-order valence-corrected chi connectivity index (χ0v) is 9.11. The van der Waals surface area contributed by atoms with Crippen LogP contribution in [-0.2, 0) is 0 Å². The Morgan fingerprint density at radius 1 is 1.62 bits per heavy atom. The number of hydrogen-bond donors (Lipinski definition) is 0. The second kappa shape index (κ2) is 5.85. The summed E-state index contributed by atoms with van der Waals surface area (Å²) in [4.78, 5) is 0. The molecule has 0 fully saturated rings. The maximum atomic E-state index is 5.87. The third-order valence-electron chi connectivity index (χ3n) is 1.21. The van der Waals surface area contributed by atoms with Crippen molar-refractivity contribution in [3.63, 3.8) is 0 Å². The van der Waals surface area contributed by atoms with Crippen molar-refractivity contribution in [1.82, 2.24) is 0 Å². The largest absolute Gasteiger partial charge is 0.172 e. The van der Waals surface area contributed by atoms with Crippen LogP contribution in [0.5, 0.6) is 0 Å². The SMILES string of the molecule is C[SiH2]CCC[SiH](C)Cl. The molecule has 0 nitrogen and oxygen atoms in total. The van der Waals surface area contributed by atoms with E-state index < -0.39 is 8.11 Å². The van der Waals surface area contributed by atoms with E-state index in [1.807, 2.05) is 0 Å². The summed E-state index contributed by atoms with van der Waals surface area (Å²) < 4.78 is 0. The van der Waals surface area contributed by atoms with Gasteiger partial charge in [0.15, 0.2) is 0 Å². The summed E-state index contributed by atoms with van der Waals surface area (Å²) in [6.07, 6.45) is 1.42. The second-order valence-corrected chi connectivity index (χ2v) is 8.36. The van der Waals surface area contributed by atoms with Gasteiger partial charge in [-0.25, -0.2) is 0 Å². The summed E-state index contributed by atoms with van der Waals surface area (Å²) >= 11 is 5.87. The van der Waals surface area contributed by atoms with Crippen molar-refractivity contribution in [3.8, 4) is 0 Å². The van der Waals surface area contributed by atoms with E-state index in [0.29, 0.717) is 9.52 Å². The van der Waals surface area contributed by atoms with E-state index in [9.17, 15) is 0 Å². The highest BCUT2D eigenvalue weighted by atomic mass is 35.6. The Kier molecular flexibility index (Phi) is 6.38. The number of halogens is 1. The van der Waals surface area contributed by atoms with Gasteiger partial charge in [0.2, 0.25) is 0 Å². The molecule has 8 heavy (non-hydrogen) atoms. The fourth-order valence-electron chi connectivity index (χ4n) is 0.676. The first-order valence-electron chi connectivity index (χ1n) is 3.41. The first-order valence-corrected chi connectivity index (χ1v) is 9.54. The van der Waals surface area contributed by atoms with Crippen LogP contribution in [0.25, 0.3) is 0 Å². The maximum Gasteiger partial charge on any atom is 0.137 e. The van der Waals surface area contributed by atoms with E-state index >= 15 is 0 Å². The molecule has 0 aromatic rings. The molecule has 0 heterocycles. The van der Waals surface area contributed by atoms with E-state index in [1.165, 1.54) is 18.5 Å². The molecule has 0 N–H and O–H groups in total. The smallest absolute Gasteiger partial charge is 0.137 e. The molecule has 0 spiro atoms. The summed E-state index contributed by atoms with van der Waals surface area (Å²) in [5.74, 6) is 0. The van der Waals surface area contributed by atoms with E-state index in [-0.39, 0.29) is 0 Å². The Hall–Kier alpha value is 0.724. The normalized spacial score (nSPS) is 15.4. The minimum absolute atomic E-state index is 0.335. The lowest BCUT2D eigenvalue weighted by molar-refractivity contribution is 1.06. The third kappa shape index (κ3) is 6.72. The molecule has 0 amide bonds. The molecule has 0 bridgehead atoms. The van der Waals surface area contributed by atoms with Crippen molar-refractivity contribution in [2.45, 2.75) is 31.6 Å². The lowest BCUT2D eigenvalue weighted by Crippen LogP contribution is -1.94. The molecule has 0 aliphatic rings. The topological polar surface area (TPSA) is 0 Å². The van der Waals surface area contributed by atoms with Crippen molar-refractivity contribution < 1.29 is 0 Å². The van der Waals surface area contributed by atoms with Crippen LogP contribution in [0.3, 0.4) is 0 Å². The van der Waals surface area contributed by atoms with Crippen molar-refractivity contribution in [2.24, 2.45) is 0 Å². The van der Waals surface area contributed by atoms with Gasteiger partial charge in [0.25, 0.3) is 0 Å². The highest BCUT2D eigenvalue weighted by Gasteiger charge is 1.95. The van der Waals surface area contributed by atoms with Crippen LogP contribution in [0.1, 0.15) is 6.42 Å². The first-order chi connectivity index (χ1) is 3.77. The molecule has 0 saturated heterocycles. The highest BCUT2D eigenvalue weighted by Crippen LogP contribution is 2.03. The molecular weight excluding hydrogens is 152 g/mol. The van der Waals surface area contributed by atoms with Crippen molar-refractivity contribution in [3.05, 3.63) is 0 Å². The molecule has 1 unspecified atom stereocenters. The minimum atomic E-state index is -0.708. The molecular formula is C5H15ClSi2. The molecule has 0 aromatic heterocycles. The molecule has 3 heteroatoms. The number of hydrogen-bond acceptors (Lipinski definition) is 0. The van der Waals surface area contributed by atoms with Crippen LogP contribution in [-0.4, -0.2) is 17.6 Å². The number of rotatable bonds is 4. The standard InChI is InChI=1S/C5H15ClSi2/c1-7-4-3-5-8(2)6/h8H,3-5,7H2,1-2H3. The first kappa shape index (κ1) is 8.72. The van der Waals surface area contributed by atoms with Gasteiger partial charge in [0, 0.05) is 9.52 Å². The van der Waals surface area contributed by atoms with Gasteiger partial charge in [0.05, 0.1) is 0 Å². The zero-order valence-electron chi connectivity index (χ0n) is 5.78. The van der Waals surface area contributed by atoms with Gasteiger partial charge in [-0.1, -0.05) is 25.6 Å². The summed E-state index contributed by atoms with van der Waals surface area (Å²) in [7, 11) is -0.373. The van der Waals surface area contributed by atoms with Gasteiger partial charge in [-0.2, -0.15) is 11.1 Å². The lowest BCUT2D eigenvalue weighted by atomic mass is 10.6. The third-order valence-corrected chi connectivity index (χ3v) is 4.27. The van der Waals surface area contributed by atoms with E-state index in [2.05, 4.69) is 13.1 Å². The van der Waals surface area contributed by atoms with Crippen molar-refractivity contribution in [1.29, 1.82) is 0 Å². The van der Waals surface area contributed by atoms with Gasteiger partial charge in [0.1, 0.15) is 8.11 Å². The van der Waals surface area contributed by atoms with Crippen molar-refractivity contribution >= 4 is 28.7 Å². The van der Waals surface area contributed by atoms with Crippen LogP contribution < -0.4 is 0 Å². The predicted molar refractivity (Wildman–Crippen MR) is 47.5 cm³/mol. The van der Waals surface area contributed by atoms with Crippen LogP contribution in [0.4, 0.5) is 0 Å². The molecule has 0 aliphatic heterocycles. The minimum Gasteiger partial charge on any atom is -0.172 e. The lowest BCUT2D eigenvalue weighted by Gasteiger charge is -1.96. The van der Waals surface area contributed by atoms with Crippen LogP contribution in [0.2, 0.25) is 25.2 Å². The Morgan fingerprint density at radius 3 is 2.62 bits per heavy atom. The summed E-state index contributed by atoms with van der Waals surface area (Å²) in [5, 5.41) is 0.